The van der Waals surface area contributed by atoms with Gasteiger partial charge in [0.2, 0.25) is 0 Å². The van der Waals surface area contributed by atoms with E-state index >= 15 is 0 Å². The Hall–Kier alpha value is -1.46. The van der Waals surface area contributed by atoms with Crippen molar-refractivity contribution in [2.24, 2.45) is 5.84 Å². The van der Waals surface area contributed by atoms with Crippen LogP contribution in [0.4, 0.5) is 5.69 Å². The van der Waals surface area contributed by atoms with E-state index in [2.05, 4.69) is 18.1 Å². The van der Waals surface area contributed by atoms with Gasteiger partial charge in [-0.2, -0.15) is 0 Å². The molecule has 0 aliphatic heterocycles. The predicted octanol–water partition coefficient (Wildman–Crippen LogP) is 1.36. The van der Waals surface area contributed by atoms with E-state index < -0.39 is 5.97 Å². The molecule has 0 aliphatic rings. The largest absolute Gasteiger partial charge is 0.478 e. The molecule has 0 aliphatic carbocycles. The van der Waals surface area contributed by atoms with Crippen LogP contribution in [0.2, 0.25) is 0 Å². The van der Waals surface area contributed by atoms with E-state index in [1.54, 1.807) is 18.2 Å². The molecule has 0 unspecified atom stereocenters. The van der Waals surface area contributed by atoms with Gasteiger partial charge in [0.15, 0.2) is 0 Å². The third-order valence-corrected chi connectivity index (χ3v) is 1.78. The lowest BCUT2D eigenvalue weighted by Gasteiger charge is -2.02. The van der Waals surface area contributed by atoms with E-state index in [1.165, 1.54) is 6.08 Å². The number of aliphatic carboxylic acids is 1. The highest BCUT2D eigenvalue weighted by Crippen LogP contribution is 2.17. The normalized spacial score (nSPS) is 10.4. The molecule has 0 saturated carbocycles. The summed E-state index contributed by atoms with van der Waals surface area (Å²) < 4.78 is 0. The predicted molar refractivity (Wildman–Crippen MR) is 58.2 cm³/mol. The number of carboxylic acid groups (broad SMARTS) is 1. The number of nitrogen functional groups attached to an aromatic ring is 1. The molecule has 0 saturated heterocycles. The first kappa shape index (κ1) is 10.6. The first-order chi connectivity index (χ1) is 6.61. The minimum absolute atomic E-state index is 0.683. The Bertz CT molecular complexity index is 377. The number of carboxylic acids is 1. The van der Waals surface area contributed by atoms with Gasteiger partial charge in [-0.05, 0) is 29.8 Å². The molecule has 14 heavy (non-hydrogen) atoms. The van der Waals surface area contributed by atoms with E-state index in [0.717, 1.165) is 11.6 Å². The highest BCUT2D eigenvalue weighted by Gasteiger charge is 1.95. The molecule has 0 atom stereocenters. The number of hydrogen-bond donors (Lipinski definition) is 4. The standard InChI is InChI=1S/C9H10N2O2S/c10-11-7-3-6(1-2-9(12)13)4-8(14)5-7/h1-5,11,14H,10H2,(H,12,13)/b2-1+. The fraction of sp³-hybridized carbons (Fsp3) is 0. The van der Waals surface area contributed by atoms with Gasteiger partial charge in [0.1, 0.15) is 0 Å². The molecule has 4 nitrogen and oxygen atoms in total. The van der Waals surface area contributed by atoms with Crippen LogP contribution < -0.4 is 11.3 Å². The molecule has 0 fully saturated rings. The SMILES string of the molecule is NNc1cc(S)cc(/C=C/C(=O)O)c1. The van der Waals surface area contributed by atoms with Crippen LogP contribution in [0.15, 0.2) is 29.2 Å². The fourth-order valence-electron chi connectivity index (χ4n) is 0.982. The molecule has 0 heterocycles. The summed E-state index contributed by atoms with van der Waals surface area (Å²) in [5.41, 5.74) is 3.88. The highest BCUT2D eigenvalue weighted by atomic mass is 32.1. The number of nitrogens with two attached hydrogens (primary N) is 1. The summed E-state index contributed by atoms with van der Waals surface area (Å²) in [7, 11) is 0. The molecule has 0 amide bonds. The minimum atomic E-state index is -0.989. The van der Waals surface area contributed by atoms with Crippen molar-refractivity contribution in [1.82, 2.24) is 0 Å². The zero-order valence-electron chi connectivity index (χ0n) is 7.27. The second-order valence-electron chi connectivity index (χ2n) is 2.63. The van der Waals surface area contributed by atoms with Crippen molar-refractivity contribution in [3.8, 4) is 0 Å². The average molecular weight is 210 g/mol. The molecule has 74 valence electrons. The van der Waals surface area contributed by atoms with Gasteiger partial charge in [-0.3, -0.25) is 5.84 Å². The van der Waals surface area contributed by atoms with Gasteiger partial charge >= 0.3 is 5.97 Å². The fourth-order valence-corrected chi connectivity index (χ4v) is 1.27. The second-order valence-corrected chi connectivity index (χ2v) is 3.15. The monoisotopic (exact) mass is 210 g/mol. The summed E-state index contributed by atoms with van der Waals surface area (Å²) in [5.74, 6) is 4.23. The van der Waals surface area contributed by atoms with Gasteiger partial charge in [0.05, 0.1) is 5.69 Å². The molecular weight excluding hydrogens is 200 g/mol. The van der Waals surface area contributed by atoms with Crippen molar-refractivity contribution in [2.45, 2.75) is 4.90 Å². The van der Waals surface area contributed by atoms with Crippen LogP contribution >= 0.6 is 12.6 Å². The molecule has 0 radical (unpaired) electrons. The quantitative estimate of drug-likeness (QED) is 0.263. The van der Waals surface area contributed by atoms with Gasteiger partial charge < -0.3 is 10.5 Å². The summed E-state index contributed by atoms with van der Waals surface area (Å²) >= 11 is 4.15. The first-order valence-corrected chi connectivity index (χ1v) is 4.28. The molecule has 0 aromatic heterocycles. The molecule has 1 aromatic carbocycles. The average Bonchev–Trinajstić information content (AvgIpc) is 2.14. The van der Waals surface area contributed by atoms with Crippen molar-refractivity contribution in [3.05, 3.63) is 29.8 Å². The lowest BCUT2D eigenvalue weighted by Crippen LogP contribution is -2.06. The summed E-state index contributed by atoms with van der Waals surface area (Å²) in [6.07, 6.45) is 2.53. The number of rotatable bonds is 3. The second kappa shape index (κ2) is 4.69. The lowest BCUT2D eigenvalue weighted by atomic mass is 10.2. The van der Waals surface area contributed by atoms with Crippen LogP contribution in [0.3, 0.4) is 0 Å². The Morgan fingerprint density at radius 2 is 2.21 bits per heavy atom. The Kier molecular flexibility index (Phi) is 3.55. The summed E-state index contributed by atoms with van der Waals surface area (Å²) in [6, 6.07) is 5.20. The van der Waals surface area contributed by atoms with Crippen molar-refractivity contribution in [3.63, 3.8) is 0 Å². The number of nitrogens with one attached hydrogen (secondary N) is 1. The number of anilines is 1. The molecule has 1 aromatic rings. The van der Waals surface area contributed by atoms with Gasteiger partial charge in [-0.1, -0.05) is 0 Å². The van der Waals surface area contributed by atoms with Crippen molar-refractivity contribution in [2.75, 3.05) is 5.43 Å². The topological polar surface area (TPSA) is 75.3 Å². The van der Waals surface area contributed by atoms with Gasteiger partial charge in [-0.15, -0.1) is 12.6 Å². The van der Waals surface area contributed by atoms with Crippen molar-refractivity contribution >= 4 is 30.4 Å². The zero-order chi connectivity index (χ0) is 10.6. The summed E-state index contributed by atoms with van der Waals surface area (Å²) in [5, 5.41) is 8.42. The van der Waals surface area contributed by atoms with Gasteiger partial charge in [0.25, 0.3) is 0 Å². The highest BCUT2D eigenvalue weighted by molar-refractivity contribution is 7.80. The van der Waals surface area contributed by atoms with Crippen LogP contribution in [0.5, 0.6) is 0 Å². The molecular formula is C9H10N2O2S. The van der Waals surface area contributed by atoms with Crippen LogP contribution in [0.25, 0.3) is 6.08 Å². The summed E-state index contributed by atoms with van der Waals surface area (Å²) in [6.45, 7) is 0. The maximum Gasteiger partial charge on any atom is 0.328 e. The van der Waals surface area contributed by atoms with E-state index in [4.69, 9.17) is 10.9 Å². The number of benzene rings is 1. The molecule has 0 spiro atoms. The lowest BCUT2D eigenvalue weighted by molar-refractivity contribution is -0.131. The summed E-state index contributed by atoms with van der Waals surface area (Å²) in [4.78, 5) is 11.0. The third-order valence-electron chi connectivity index (χ3n) is 1.53. The molecule has 4 N–H and O–H groups in total. The molecule has 1 rings (SSSR count). The zero-order valence-corrected chi connectivity index (χ0v) is 8.16. The Morgan fingerprint density at radius 1 is 1.50 bits per heavy atom. The molecule has 5 heteroatoms. The number of carbonyl (C=O) groups is 1. The van der Waals surface area contributed by atoms with Gasteiger partial charge in [-0.25, -0.2) is 4.79 Å². The third kappa shape index (κ3) is 3.12. The minimum Gasteiger partial charge on any atom is -0.478 e. The Labute approximate surface area is 86.8 Å². The van der Waals surface area contributed by atoms with Crippen molar-refractivity contribution < 1.29 is 9.90 Å². The Morgan fingerprint density at radius 3 is 2.79 bits per heavy atom. The first-order valence-electron chi connectivity index (χ1n) is 3.83. The Balaban J connectivity index is 2.97. The maximum absolute atomic E-state index is 10.3. The number of hydrogen-bond acceptors (Lipinski definition) is 4. The van der Waals surface area contributed by atoms with Crippen LogP contribution in [-0.4, -0.2) is 11.1 Å². The smallest absolute Gasteiger partial charge is 0.328 e. The maximum atomic E-state index is 10.3. The van der Waals surface area contributed by atoms with E-state index in [0.29, 0.717) is 10.6 Å². The number of hydrazine groups is 1. The van der Waals surface area contributed by atoms with Crippen LogP contribution in [0, 0.1) is 0 Å². The van der Waals surface area contributed by atoms with Crippen LogP contribution in [0.1, 0.15) is 5.56 Å². The van der Waals surface area contributed by atoms with Crippen molar-refractivity contribution in [1.29, 1.82) is 0 Å². The number of thiol groups is 1. The van der Waals surface area contributed by atoms with Gasteiger partial charge in [0, 0.05) is 11.0 Å². The van der Waals surface area contributed by atoms with E-state index in [1.807, 2.05) is 0 Å². The molecule has 0 bridgehead atoms. The van der Waals surface area contributed by atoms with E-state index in [-0.39, 0.29) is 0 Å². The van der Waals surface area contributed by atoms with E-state index in [9.17, 15) is 4.79 Å². The van der Waals surface area contributed by atoms with Crippen LogP contribution in [-0.2, 0) is 4.79 Å².